The first kappa shape index (κ1) is 11.2. The molecule has 0 spiro atoms. The van der Waals surface area contributed by atoms with Gasteiger partial charge in [0.1, 0.15) is 6.67 Å². The molecular weight excluding hydrogens is 183 g/mol. The summed E-state index contributed by atoms with van der Waals surface area (Å²) in [6.07, 6.45) is 3.02. The number of hydrogen-bond acceptors (Lipinski definition) is 2. The second-order valence-corrected chi connectivity index (χ2v) is 3.29. The third-order valence-corrected chi connectivity index (χ3v) is 2.10. The number of halogens is 1. The van der Waals surface area contributed by atoms with Crippen LogP contribution >= 0.6 is 0 Å². The molecule has 1 aromatic heterocycles. The van der Waals surface area contributed by atoms with Crippen LogP contribution in [0.1, 0.15) is 26.0 Å². The molecule has 0 saturated heterocycles. The van der Waals surface area contributed by atoms with E-state index in [4.69, 9.17) is 4.74 Å². The van der Waals surface area contributed by atoms with Crippen LogP contribution in [0.25, 0.3) is 0 Å². The zero-order valence-corrected chi connectivity index (χ0v) is 8.74. The Morgan fingerprint density at radius 3 is 3.07 bits per heavy atom. The second kappa shape index (κ2) is 5.75. The minimum atomic E-state index is -0.382. The van der Waals surface area contributed by atoms with Gasteiger partial charge in [0.25, 0.3) is 0 Å². The van der Waals surface area contributed by atoms with Gasteiger partial charge in [-0.25, -0.2) is 4.39 Å². The first-order valence-corrected chi connectivity index (χ1v) is 4.96. The van der Waals surface area contributed by atoms with Gasteiger partial charge >= 0.3 is 0 Å². The standard InChI is InChI=1S/C10H17FN2O/c1-3-9(2)14-8-10-4-6-13(12-10)7-5-11/h4,6,9H,3,5,7-8H2,1-2H3/t9-/m0/s1. The molecular formula is C10H17FN2O. The van der Waals surface area contributed by atoms with Crippen molar-refractivity contribution in [2.24, 2.45) is 0 Å². The highest BCUT2D eigenvalue weighted by atomic mass is 19.1. The third-order valence-electron chi connectivity index (χ3n) is 2.10. The Hall–Kier alpha value is -0.900. The Morgan fingerprint density at radius 1 is 1.64 bits per heavy atom. The fourth-order valence-electron chi connectivity index (χ4n) is 1.04. The highest BCUT2D eigenvalue weighted by Gasteiger charge is 2.02. The molecule has 0 unspecified atom stereocenters. The first-order chi connectivity index (χ1) is 6.76. The Morgan fingerprint density at radius 2 is 2.43 bits per heavy atom. The van der Waals surface area contributed by atoms with E-state index >= 15 is 0 Å². The van der Waals surface area contributed by atoms with Crippen LogP contribution in [0.3, 0.4) is 0 Å². The van der Waals surface area contributed by atoms with E-state index in [0.29, 0.717) is 13.2 Å². The average Bonchev–Trinajstić information content (AvgIpc) is 2.63. The van der Waals surface area contributed by atoms with Gasteiger partial charge < -0.3 is 4.74 Å². The predicted molar refractivity (Wildman–Crippen MR) is 52.7 cm³/mol. The van der Waals surface area contributed by atoms with Crippen molar-refractivity contribution in [1.29, 1.82) is 0 Å². The second-order valence-electron chi connectivity index (χ2n) is 3.29. The van der Waals surface area contributed by atoms with Gasteiger partial charge in [0.15, 0.2) is 0 Å². The Bertz CT molecular complexity index is 262. The third kappa shape index (κ3) is 3.46. The SMILES string of the molecule is CC[C@H](C)OCc1ccn(CCF)n1. The fourth-order valence-corrected chi connectivity index (χ4v) is 1.04. The largest absolute Gasteiger partial charge is 0.372 e. The van der Waals surface area contributed by atoms with Crippen molar-refractivity contribution in [3.05, 3.63) is 18.0 Å². The number of rotatable bonds is 6. The summed E-state index contributed by atoms with van der Waals surface area (Å²) in [5.41, 5.74) is 0.860. The Balaban J connectivity index is 2.35. The molecule has 3 nitrogen and oxygen atoms in total. The number of aromatic nitrogens is 2. The topological polar surface area (TPSA) is 27.1 Å². The zero-order chi connectivity index (χ0) is 10.4. The molecule has 0 N–H and O–H groups in total. The van der Waals surface area contributed by atoms with Gasteiger partial charge in [0.05, 0.1) is 24.9 Å². The summed E-state index contributed by atoms with van der Waals surface area (Å²) in [5.74, 6) is 0. The number of alkyl halides is 1. The Labute approximate surface area is 83.9 Å². The van der Waals surface area contributed by atoms with Gasteiger partial charge in [-0.3, -0.25) is 4.68 Å². The lowest BCUT2D eigenvalue weighted by Gasteiger charge is -2.08. The number of ether oxygens (including phenoxy) is 1. The van der Waals surface area contributed by atoms with E-state index < -0.39 is 0 Å². The summed E-state index contributed by atoms with van der Waals surface area (Å²) < 4.78 is 19.1. The van der Waals surface area contributed by atoms with Crippen molar-refractivity contribution in [3.8, 4) is 0 Å². The maximum atomic E-state index is 12.0. The molecule has 0 aliphatic heterocycles. The van der Waals surface area contributed by atoms with E-state index in [1.165, 1.54) is 0 Å². The lowest BCUT2D eigenvalue weighted by molar-refractivity contribution is 0.0485. The summed E-state index contributed by atoms with van der Waals surface area (Å²) in [6, 6.07) is 1.86. The molecule has 0 aromatic carbocycles. The molecule has 0 fully saturated rings. The summed E-state index contributed by atoms with van der Waals surface area (Å²) in [4.78, 5) is 0. The van der Waals surface area contributed by atoms with Crippen molar-refractivity contribution in [2.45, 2.75) is 39.5 Å². The molecule has 0 bridgehead atoms. The van der Waals surface area contributed by atoms with Gasteiger partial charge in [-0.05, 0) is 19.4 Å². The first-order valence-electron chi connectivity index (χ1n) is 4.96. The van der Waals surface area contributed by atoms with E-state index in [0.717, 1.165) is 12.1 Å². The summed E-state index contributed by atoms with van der Waals surface area (Å²) >= 11 is 0. The molecule has 1 rings (SSSR count). The molecule has 1 atom stereocenters. The number of nitrogens with zero attached hydrogens (tertiary/aromatic N) is 2. The lowest BCUT2D eigenvalue weighted by atomic mass is 10.3. The summed E-state index contributed by atoms with van der Waals surface area (Å²) in [6.45, 7) is 4.55. The van der Waals surface area contributed by atoms with Crippen LogP contribution in [0.4, 0.5) is 4.39 Å². The minimum Gasteiger partial charge on any atom is -0.372 e. The molecule has 0 radical (unpaired) electrons. The normalized spacial score (nSPS) is 13.1. The van der Waals surface area contributed by atoms with Crippen LogP contribution in [0.15, 0.2) is 12.3 Å². The predicted octanol–water partition coefficient (Wildman–Crippen LogP) is 2.17. The summed E-state index contributed by atoms with van der Waals surface area (Å²) in [5, 5.41) is 4.16. The van der Waals surface area contributed by atoms with E-state index in [1.807, 2.05) is 13.0 Å². The van der Waals surface area contributed by atoms with E-state index in [2.05, 4.69) is 12.0 Å². The van der Waals surface area contributed by atoms with Crippen molar-refractivity contribution in [3.63, 3.8) is 0 Å². The van der Waals surface area contributed by atoms with E-state index in [9.17, 15) is 4.39 Å². The molecule has 1 heterocycles. The molecule has 14 heavy (non-hydrogen) atoms. The van der Waals surface area contributed by atoms with Crippen LogP contribution in [0.5, 0.6) is 0 Å². The number of hydrogen-bond donors (Lipinski definition) is 0. The minimum absolute atomic E-state index is 0.251. The van der Waals surface area contributed by atoms with Gasteiger partial charge in [-0.15, -0.1) is 0 Å². The quantitative estimate of drug-likeness (QED) is 0.703. The highest BCUT2D eigenvalue weighted by Crippen LogP contribution is 2.03. The van der Waals surface area contributed by atoms with Crippen LogP contribution < -0.4 is 0 Å². The van der Waals surface area contributed by atoms with Crippen LogP contribution in [-0.4, -0.2) is 22.6 Å². The van der Waals surface area contributed by atoms with Crippen LogP contribution in [0.2, 0.25) is 0 Å². The lowest BCUT2D eigenvalue weighted by Crippen LogP contribution is -2.07. The monoisotopic (exact) mass is 200 g/mol. The van der Waals surface area contributed by atoms with E-state index in [-0.39, 0.29) is 12.8 Å². The molecule has 0 saturated carbocycles. The number of aryl methyl sites for hydroxylation is 1. The van der Waals surface area contributed by atoms with Crippen molar-refractivity contribution < 1.29 is 9.13 Å². The Kier molecular flexibility index (Phi) is 4.59. The summed E-state index contributed by atoms with van der Waals surface area (Å²) in [7, 11) is 0. The van der Waals surface area contributed by atoms with Crippen LogP contribution in [-0.2, 0) is 17.9 Å². The smallest absolute Gasteiger partial charge is 0.109 e. The molecule has 0 aliphatic carbocycles. The maximum Gasteiger partial charge on any atom is 0.109 e. The highest BCUT2D eigenvalue weighted by molar-refractivity contribution is 4.97. The van der Waals surface area contributed by atoms with Crippen molar-refractivity contribution >= 4 is 0 Å². The zero-order valence-electron chi connectivity index (χ0n) is 8.74. The maximum absolute atomic E-state index is 12.0. The molecule has 4 heteroatoms. The van der Waals surface area contributed by atoms with Gasteiger partial charge in [0.2, 0.25) is 0 Å². The molecule has 0 amide bonds. The van der Waals surface area contributed by atoms with Crippen molar-refractivity contribution in [2.75, 3.05) is 6.67 Å². The van der Waals surface area contributed by atoms with Gasteiger partial charge in [-0.2, -0.15) is 5.10 Å². The fraction of sp³-hybridized carbons (Fsp3) is 0.700. The molecule has 1 aromatic rings. The average molecular weight is 200 g/mol. The molecule has 0 aliphatic rings. The molecule has 80 valence electrons. The van der Waals surface area contributed by atoms with Crippen LogP contribution in [0, 0.1) is 0 Å². The van der Waals surface area contributed by atoms with Gasteiger partial charge in [-0.1, -0.05) is 6.92 Å². The van der Waals surface area contributed by atoms with Gasteiger partial charge in [0, 0.05) is 6.20 Å². The van der Waals surface area contributed by atoms with Crippen molar-refractivity contribution in [1.82, 2.24) is 9.78 Å². The van der Waals surface area contributed by atoms with E-state index in [1.54, 1.807) is 10.9 Å².